The van der Waals surface area contributed by atoms with Gasteiger partial charge in [-0.3, -0.25) is 4.99 Å². The van der Waals surface area contributed by atoms with Gasteiger partial charge in [0.2, 0.25) is 5.88 Å². The summed E-state index contributed by atoms with van der Waals surface area (Å²) in [5.41, 5.74) is 6.22. The van der Waals surface area contributed by atoms with E-state index in [1.807, 2.05) is 0 Å². The van der Waals surface area contributed by atoms with Crippen molar-refractivity contribution in [2.45, 2.75) is 29.4 Å². The van der Waals surface area contributed by atoms with E-state index < -0.39 is 38.0 Å². The Bertz CT molecular complexity index is 1180. The molecule has 1 saturated heterocycles. The van der Waals surface area contributed by atoms with Crippen LogP contribution in [0.2, 0.25) is 0 Å². The Labute approximate surface area is 178 Å². The zero-order valence-electron chi connectivity index (χ0n) is 16.4. The molecule has 1 aromatic carbocycles. The second-order valence-electron chi connectivity index (χ2n) is 7.31. The number of nitrogens with two attached hydrogens (primary N) is 1. The van der Waals surface area contributed by atoms with Crippen LogP contribution in [0.15, 0.2) is 48.2 Å². The molecule has 2 N–H and O–H groups in total. The maximum atomic E-state index is 14.7. The predicted molar refractivity (Wildman–Crippen MR) is 113 cm³/mol. The molecule has 0 radical (unpaired) electrons. The topological polar surface area (TPSA) is 108 Å². The molecule has 0 spiro atoms. The number of ether oxygens (including phenoxy) is 1. The first-order valence-electron chi connectivity index (χ1n) is 9.60. The van der Waals surface area contributed by atoms with Crippen molar-refractivity contribution in [3.63, 3.8) is 0 Å². The molecule has 3 heterocycles. The van der Waals surface area contributed by atoms with E-state index in [1.165, 1.54) is 30.6 Å². The number of sulfone groups is 1. The molecule has 3 atom stereocenters. The molecule has 7 nitrogen and oxygen atoms in total. The molecular formula is C21H20F2N4O3S. The first kappa shape index (κ1) is 21.1. The summed E-state index contributed by atoms with van der Waals surface area (Å²) >= 11 is 0. The van der Waals surface area contributed by atoms with E-state index in [9.17, 15) is 17.2 Å². The average Bonchev–Trinajstić information content (AvgIpc) is 2.94. The fourth-order valence-electron chi connectivity index (χ4n) is 3.86. The lowest BCUT2D eigenvalue weighted by molar-refractivity contribution is 0.347. The lowest BCUT2D eigenvalue weighted by Crippen LogP contribution is -2.42. The monoisotopic (exact) mass is 446 g/mol. The van der Waals surface area contributed by atoms with Crippen LogP contribution in [0.4, 0.5) is 8.78 Å². The molecular weight excluding hydrogens is 426 g/mol. The summed E-state index contributed by atoms with van der Waals surface area (Å²) in [5, 5.41) is -1.63. The summed E-state index contributed by atoms with van der Waals surface area (Å²) in [6.07, 6.45) is 5.93. The summed E-state index contributed by atoms with van der Waals surface area (Å²) in [7, 11) is -3.53. The van der Waals surface area contributed by atoms with Crippen molar-refractivity contribution in [2.75, 3.05) is 6.61 Å². The van der Waals surface area contributed by atoms with Crippen LogP contribution in [-0.4, -0.2) is 41.3 Å². The molecule has 2 aliphatic heterocycles. The molecule has 2 aliphatic rings. The number of hydrogen-bond donors (Lipinski definition) is 1. The molecule has 3 unspecified atom stereocenters. The third-order valence-corrected chi connectivity index (χ3v) is 7.96. The van der Waals surface area contributed by atoms with Crippen molar-refractivity contribution in [1.82, 2.24) is 9.97 Å². The predicted octanol–water partition coefficient (Wildman–Crippen LogP) is 3.01. The quantitative estimate of drug-likeness (QED) is 0.684. The Morgan fingerprint density at radius 1 is 1.29 bits per heavy atom. The van der Waals surface area contributed by atoms with E-state index in [2.05, 4.69) is 21.5 Å². The lowest BCUT2D eigenvalue weighted by atomic mass is 9.98. The highest BCUT2D eigenvalue weighted by Gasteiger charge is 2.51. The van der Waals surface area contributed by atoms with Crippen LogP contribution < -0.4 is 10.5 Å². The first-order valence-corrected chi connectivity index (χ1v) is 11.2. The third kappa shape index (κ3) is 3.95. The highest BCUT2D eigenvalue weighted by Crippen LogP contribution is 2.42. The largest absolute Gasteiger partial charge is 0.472 e. The van der Waals surface area contributed by atoms with Gasteiger partial charge in [-0.2, -0.15) is 0 Å². The van der Waals surface area contributed by atoms with Gasteiger partial charge in [-0.1, -0.05) is 18.7 Å². The highest BCUT2D eigenvalue weighted by molar-refractivity contribution is 7.93. The van der Waals surface area contributed by atoms with Crippen molar-refractivity contribution in [3.8, 4) is 5.88 Å². The summed E-state index contributed by atoms with van der Waals surface area (Å²) < 4.78 is 59.8. The van der Waals surface area contributed by atoms with Gasteiger partial charge in [0.1, 0.15) is 29.2 Å². The van der Waals surface area contributed by atoms with Crippen LogP contribution in [0, 0.1) is 5.82 Å². The van der Waals surface area contributed by atoms with Crippen LogP contribution in [0.25, 0.3) is 11.9 Å². The molecule has 162 valence electrons. The Morgan fingerprint density at radius 2 is 2.10 bits per heavy atom. The molecule has 1 aromatic heterocycles. The fourth-order valence-corrected chi connectivity index (χ4v) is 6.18. The second kappa shape index (κ2) is 8.18. The average molecular weight is 446 g/mol. The van der Waals surface area contributed by atoms with Crippen LogP contribution in [0.3, 0.4) is 0 Å². The number of nitrogens with zero attached hydrogens (tertiary/aromatic N) is 3. The van der Waals surface area contributed by atoms with Crippen molar-refractivity contribution in [1.29, 1.82) is 0 Å². The van der Waals surface area contributed by atoms with Gasteiger partial charge in [-0.15, -0.1) is 0 Å². The minimum absolute atomic E-state index is 0.000636. The molecule has 1 fully saturated rings. The Balaban J connectivity index is 1.64. The molecule has 2 bridgehead atoms. The lowest BCUT2D eigenvalue weighted by Gasteiger charge is -2.26. The molecule has 0 saturated carbocycles. The van der Waals surface area contributed by atoms with Gasteiger partial charge in [0.15, 0.2) is 15.7 Å². The normalized spacial score (nSPS) is 24.5. The van der Waals surface area contributed by atoms with E-state index in [1.54, 1.807) is 6.08 Å². The minimum atomic E-state index is -3.53. The maximum absolute atomic E-state index is 14.7. The third-order valence-electron chi connectivity index (χ3n) is 5.36. The summed E-state index contributed by atoms with van der Waals surface area (Å²) in [6.45, 7) is 3.77. The van der Waals surface area contributed by atoms with Crippen LogP contribution in [0.1, 0.15) is 35.7 Å². The van der Waals surface area contributed by atoms with Crippen LogP contribution in [-0.2, 0) is 9.84 Å². The fraction of sp³-hybridized carbons (Fsp3) is 0.286. The zero-order valence-corrected chi connectivity index (χ0v) is 17.2. The summed E-state index contributed by atoms with van der Waals surface area (Å²) in [4.78, 5) is 12.2. The van der Waals surface area contributed by atoms with Gasteiger partial charge >= 0.3 is 0 Å². The van der Waals surface area contributed by atoms with E-state index in [0.717, 1.165) is 6.07 Å². The Morgan fingerprint density at radius 3 is 2.81 bits per heavy atom. The van der Waals surface area contributed by atoms with Crippen molar-refractivity contribution in [3.05, 3.63) is 65.9 Å². The van der Waals surface area contributed by atoms with Crippen molar-refractivity contribution >= 4 is 27.6 Å². The Kier molecular flexibility index (Phi) is 5.57. The molecule has 4 rings (SSSR count). The number of rotatable bonds is 6. The zero-order chi connectivity index (χ0) is 22.2. The number of benzene rings is 1. The van der Waals surface area contributed by atoms with Crippen molar-refractivity contribution in [2.24, 2.45) is 10.7 Å². The van der Waals surface area contributed by atoms with E-state index >= 15 is 0 Å². The number of aromatic nitrogens is 2. The molecule has 0 aliphatic carbocycles. The van der Waals surface area contributed by atoms with Gasteiger partial charge in [-0.05, 0) is 36.6 Å². The van der Waals surface area contributed by atoms with E-state index in [-0.39, 0.29) is 29.6 Å². The number of aliphatic imine (C=N–C) groups is 1. The number of hydrogen-bond acceptors (Lipinski definition) is 7. The summed E-state index contributed by atoms with van der Waals surface area (Å²) in [5.74, 6) is -1.09. The number of halogens is 2. The number of amidine groups is 1. The standard InChI is InChI=1S/C21H20F2N4O3S/c1-2-7-30-19-11-25-16(10-26-19)15(23)9-12-3-4-14(22)13(8-12)20-17-5-6-18(21(24)27-20)31(17,28)29/h2-4,8-11,17-18,20H,1,5-7H2,(H2,24,27)/b15-9-. The molecule has 31 heavy (non-hydrogen) atoms. The van der Waals surface area contributed by atoms with Crippen molar-refractivity contribution < 1.29 is 21.9 Å². The van der Waals surface area contributed by atoms with Crippen LogP contribution >= 0.6 is 0 Å². The first-order chi connectivity index (χ1) is 14.8. The van der Waals surface area contributed by atoms with Gasteiger partial charge in [0.05, 0.1) is 23.7 Å². The van der Waals surface area contributed by atoms with Gasteiger partial charge < -0.3 is 10.5 Å². The SMILES string of the molecule is C=CCOc1cnc(/C(F)=C/c2ccc(F)c(C3N=C(N)C4CCC3S4(=O)=O)c2)cn1. The Hall–Kier alpha value is -3.14. The van der Waals surface area contributed by atoms with Gasteiger partial charge in [-0.25, -0.2) is 27.2 Å². The van der Waals surface area contributed by atoms with Gasteiger partial charge in [0, 0.05) is 5.56 Å². The molecule has 0 amide bonds. The van der Waals surface area contributed by atoms with Crippen LogP contribution in [0.5, 0.6) is 5.88 Å². The maximum Gasteiger partial charge on any atom is 0.232 e. The van der Waals surface area contributed by atoms with Gasteiger partial charge in [0.25, 0.3) is 0 Å². The second-order valence-corrected chi connectivity index (χ2v) is 9.66. The highest BCUT2D eigenvalue weighted by atomic mass is 32.2. The van der Waals surface area contributed by atoms with E-state index in [0.29, 0.717) is 18.4 Å². The molecule has 2 aromatic rings. The smallest absolute Gasteiger partial charge is 0.232 e. The molecule has 10 heteroatoms. The minimum Gasteiger partial charge on any atom is -0.472 e. The summed E-state index contributed by atoms with van der Waals surface area (Å²) in [6, 6.07) is 2.97. The number of fused-ring (bicyclic) bond motifs is 2. The van der Waals surface area contributed by atoms with E-state index in [4.69, 9.17) is 10.5 Å².